The zero-order chi connectivity index (χ0) is 40.8. The topological polar surface area (TPSA) is 160 Å². The number of hydrogen-bond acceptors (Lipinski definition) is 11. The Morgan fingerprint density at radius 2 is 1.84 bits per heavy atom. The molecule has 4 fully saturated rings. The lowest BCUT2D eigenvalue weighted by Crippen LogP contribution is -2.58. The maximum Gasteiger partial charge on any atom is 0.329 e. The van der Waals surface area contributed by atoms with Gasteiger partial charge in [-0.3, -0.25) is 44.0 Å². The smallest absolute Gasteiger partial charge is 0.329 e. The molecule has 2 aromatic heterocycles. The molecule has 3 aromatic rings. The molecule has 7 rings (SSSR count). The molecule has 57 heavy (non-hydrogen) atoms. The van der Waals surface area contributed by atoms with Crippen LogP contribution < -0.4 is 15.1 Å². The summed E-state index contributed by atoms with van der Waals surface area (Å²) < 4.78 is 8.12. The first kappa shape index (κ1) is 40.7. The van der Waals surface area contributed by atoms with Crippen LogP contribution in [0.5, 0.6) is 0 Å². The maximum absolute atomic E-state index is 13.6. The number of carbonyl (C=O) groups excluding carboxylic acids is 4. The van der Waals surface area contributed by atoms with E-state index in [1.807, 2.05) is 45.2 Å². The summed E-state index contributed by atoms with van der Waals surface area (Å²) in [6.45, 7) is 11.8. The number of para-hydroxylation sites is 1. The molecule has 3 aliphatic heterocycles. The number of ether oxygens (including phenoxy) is 1. The van der Waals surface area contributed by atoms with Crippen LogP contribution in [0.15, 0.2) is 30.5 Å². The molecule has 15 nitrogen and oxygen atoms in total. The van der Waals surface area contributed by atoms with E-state index in [2.05, 4.69) is 43.9 Å². The minimum atomic E-state index is -0.842. The van der Waals surface area contributed by atoms with Crippen LogP contribution in [0.4, 0.5) is 16.3 Å². The number of nitrogens with one attached hydrogen (secondary N) is 1. The van der Waals surface area contributed by atoms with Gasteiger partial charge in [0.25, 0.3) is 5.91 Å². The van der Waals surface area contributed by atoms with E-state index in [0.717, 1.165) is 61.8 Å². The number of hydrogen-bond donors (Lipinski definition) is 1. The average Bonchev–Trinajstić information content (AvgIpc) is 3.58. The number of thiocarbonyl (C=S) groups is 1. The number of urea groups is 1. The van der Waals surface area contributed by atoms with Crippen LogP contribution in [0.25, 0.3) is 10.9 Å². The number of aromatic nitrogens is 3. The van der Waals surface area contributed by atoms with Gasteiger partial charge in [-0.2, -0.15) is 10.4 Å². The summed E-state index contributed by atoms with van der Waals surface area (Å²) in [6.07, 6.45) is 5.46. The van der Waals surface area contributed by atoms with Gasteiger partial charge in [-0.05, 0) is 83.3 Å². The van der Waals surface area contributed by atoms with Crippen LogP contribution in [-0.4, -0.2) is 127 Å². The minimum Gasteiger partial charge on any atom is -0.377 e. The van der Waals surface area contributed by atoms with Crippen molar-refractivity contribution < 1.29 is 23.9 Å². The fourth-order valence-corrected chi connectivity index (χ4v) is 9.81. The number of anilines is 2. The average molecular weight is 817 g/mol. The molecule has 0 radical (unpaired) electrons. The van der Waals surface area contributed by atoms with Crippen molar-refractivity contribution in [3.05, 3.63) is 46.7 Å². The first-order valence-corrected chi connectivity index (χ1v) is 20.4. The standard InChI is InChI=1S/C40H49ClN10O5S/c1-24-21-47(15-16-56-30-11-9-27(10-12-30)51-39(57)50(37(54)40(51,3)4)28-18-32(41)33(19-42)43-20-28)22-25(2)49(24)23-29(52)17-26-7-6-8-31-35(26)46(5)45-36(31)48-14-13-34(53)44-38(48)55/h6-8,18,20,24-25,27,30H,9-17,21-23H2,1-5H3,(H,44,53,55)/t24-,25+,27?,30?. The van der Waals surface area contributed by atoms with Crippen LogP contribution in [0.2, 0.25) is 5.02 Å². The number of piperazine rings is 1. The summed E-state index contributed by atoms with van der Waals surface area (Å²) in [4.78, 5) is 65.3. The molecular weight excluding hydrogens is 768 g/mol. The Kier molecular flexibility index (Phi) is 11.7. The highest BCUT2D eigenvalue weighted by Crippen LogP contribution is 2.39. The fraction of sp³-hybridized carbons (Fsp3) is 0.550. The highest BCUT2D eigenvalue weighted by molar-refractivity contribution is 7.80. The summed E-state index contributed by atoms with van der Waals surface area (Å²) in [6, 6.07) is 9.19. The van der Waals surface area contributed by atoms with Gasteiger partial charge in [0.15, 0.2) is 22.4 Å². The molecule has 4 amide bonds. The third-order valence-electron chi connectivity index (χ3n) is 11.8. The molecular formula is C40H49ClN10O5S. The number of pyridine rings is 1. The van der Waals surface area contributed by atoms with E-state index in [-0.39, 0.29) is 71.9 Å². The lowest BCUT2D eigenvalue weighted by atomic mass is 9.89. The van der Waals surface area contributed by atoms with Crippen molar-refractivity contribution in [1.82, 2.24) is 34.8 Å². The molecule has 302 valence electrons. The van der Waals surface area contributed by atoms with E-state index in [1.54, 1.807) is 10.7 Å². The number of fused-ring (bicyclic) bond motifs is 1. The van der Waals surface area contributed by atoms with E-state index < -0.39 is 11.6 Å². The molecule has 3 saturated heterocycles. The van der Waals surface area contributed by atoms with E-state index >= 15 is 0 Å². The number of imide groups is 1. The Labute approximate surface area is 342 Å². The predicted octanol–water partition coefficient (Wildman–Crippen LogP) is 4.19. The van der Waals surface area contributed by atoms with Crippen molar-refractivity contribution in [3.63, 3.8) is 0 Å². The van der Waals surface area contributed by atoms with Gasteiger partial charge < -0.3 is 9.64 Å². The van der Waals surface area contributed by atoms with Gasteiger partial charge in [-0.25, -0.2) is 9.78 Å². The second kappa shape index (κ2) is 16.4. The van der Waals surface area contributed by atoms with Crippen LogP contribution in [0.1, 0.15) is 71.1 Å². The summed E-state index contributed by atoms with van der Waals surface area (Å²) in [7, 11) is 1.81. The van der Waals surface area contributed by atoms with Gasteiger partial charge in [0.2, 0.25) is 5.91 Å². The van der Waals surface area contributed by atoms with Gasteiger partial charge in [0.1, 0.15) is 11.6 Å². The van der Waals surface area contributed by atoms with Crippen molar-refractivity contribution in [2.75, 3.05) is 49.1 Å². The van der Waals surface area contributed by atoms with E-state index in [9.17, 15) is 24.4 Å². The molecule has 0 spiro atoms. The summed E-state index contributed by atoms with van der Waals surface area (Å²) in [5.74, 6) is 0.144. The largest absolute Gasteiger partial charge is 0.377 e. The summed E-state index contributed by atoms with van der Waals surface area (Å²) in [5, 5.41) is 17.6. The lowest BCUT2D eigenvalue weighted by Gasteiger charge is -2.44. The first-order chi connectivity index (χ1) is 27.2. The molecule has 1 N–H and O–H groups in total. The molecule has 17 heteroatoms. The van der Waals surface area contributed by atoms with Crippen molar-refractivity contribution in [2.24, 2.45) is 7.05 Å². The number of carbonyl (C=O) groups is 4. The molecule has 0 unspecified atom stereocenters. The van der Waals surface area contributed by atoms with Crippen molar-refractivity contribution in [3.8, 4) is 6.07 Å². The summed E-state index contributed by atoms with van der Waals surface area (Å²) in [5.41, 5.74) is 1.37. The Morgan fingerprint density at radius 1 is 1.12 bits per heavy atom. The Bertz CT molecular complexity index is 2130. The number of benzene rings is 1. The Hall–Kier alpha value is -4.53. The molecule has 0 bridgehead atoms. The fourth-order valence-electron chi connectivity index (χ4n) is 9.04. The van der Waals surface area contributed by atoms with Crippen LogP contribution in [-0.2, 0) is 32.6 Å². The van der Waals surface area contributed by atoms with Crippen molar-refractivity contribution >= 4 is 75.0 Å². The Morgan fingerprint density at radius 3 is 2.51 bits per heavy atom. The Balaban J connectivity index is 0.876. The van der Waals surface area contributed by atoms with Gasteiger partial charge >= 0.3 is 6.03 Å². The first-order valence-electron chi connectivity index (χ1n) is 19.6. The number of halogens is 1. The van der Waals surface area contributed by atoms with Crippen molar-refractivity contribution in [2.45, 2.75) is 96.0 Å². The van der Waals surface area contributed by atoms with Gasteiger partial charge in [0.05, 0.1) is 41.7 Å². The van der Waals surface area contributed by atoms with Crippen LogP contribution in [0.3, 0.4) is 0 Å². The van der Waals surface area contributed by atoms with E-state index in [4.69, 9.17) is 28.6 Å². The number of rotatable bonds is 11. The third-order valence-corrected chi connectivity index (χ3v) is 12.5. The number of amides is 4. The number of nitrogens with zero attached hydrogens (tertiary/aromatic N) is 9. The van der Waals surface area contributed by atoms with Gasteiger partial charge in [-0.15, -0.1) is 0 Å². The molecule has 1 aromatic carbocycles. The number of aryl methyl sites for hydroxylation is 1. The molecule has 1 saturated carbocycles. The predicted molar refractivity (Wildman–Crippen MR) is 219 cm³/mol. The highest BCUT2D eigenvalue weighted by atomic mass is 35.5. The normalized spacial score (nSPS) is 24.7. The quantitative estimate of drug-likeness (QED) is 0.276. The lowest BCUT2D eigenvalue weighted by molar-refractivity contribution is -0.124. The van der Waals surface area contributed by atoms with Gasteiger partial charge in [0, 0.05) is 69.6 Å². The minimum absolute atomic E-state index is 0.0889. The van der Waals surface area contributed by atoms with E-state index in [0.29, 0.717) is 29.8 Å². The van der Waals surface area contributed by atoms with Crippen molar-refractivity contribution in [1.29, 1.82) is 5.26 Å². The molecule has 1 aliphatic carbocycles. The van der Waals surface area contributed by atoms with Crippen LogP contribution >= 0.6 is 23.8 Å². The molecule has 2 atom stereocenters. The summed E-state index contributed by atoms with van der Waals surface area (Å²) >= 11 is 12.1. The second-order valence-electron chi connectivity index (χ2n) is 16.2. The SMILES string of the molecule is C[C@@H]1CN(CCOC2CCC(N3C(=S)N(c4cnc(C#N)c(Cl)c4)C(=O)C3(C)C)CC2)C[C@H](C)N1CC(=O)Cc1cccc2c(N3CCC(=O)NC3=O)nn(C)c12. The highest BCUT2D eigenvalue weighted by Gasteiger charge is 2.52. The monoisotopic (exact) mass is 816 g/mol. The van der Waals surface area contributed by atoms with Gasteiger partial charge in [-0.1, -0.05) is 23.7 Å². The maximum atomic E-state index is 13.6. The number of Topliss-reactive ketones (excluding diaryl/α,β-unsaturated/α-hetero) is 1. The zero-order valence-corrected chi connectivity index (χ0v) is 34.6. The van der Waals surface area contributed by atoms with E-state index in [1.165, 1.54) is 16.0 Å². The zero-order valence-electron chi connectivity index (χ0n) is 33.0. The van der Waals surface area contributed by atoms with Crippen LogP contribution in [0, 0.1) is 11.3 Å². The molecule has 4 aliphatic rings. The number of ketones is 1. The number of nitriles is 1. The second-order valence-corrected chi connectivity index (χ2v) is 16.9. The molecule has 5 heterocycles. The third kappa shape index (κ3) is 8.00.